The van der Waals surface area contributed by atoms with Gasteiger partial charge in [-0.2, -0.15) is 0 Å². The van der Waals surface area contributed by atoms with Gasteiger partial charge in [0.25, 0.3) is 0 Å². The molecule has 1 aliphatic carbocycles. The van der Waals surface area contributed by atoms with Crippen LogP contribution in [0.2, 0.25) is 10.0 Å². The summed E-state index contributed by atoms with van der Waals surface area (Å²) in [4.78, 5) is 24.6. The summed E-state index contributed by atoms with van der Waals surface area (Å²) < 4.78 is 0. The van der Waals surface area contributed by atoms with Crippen LogP contribution in [0.5, 0.6) is 0 Å². The van der Waals surface area contributed by atoms with Gasteiger partial charge in [0.2, 0.25) is 0 Å². The number of nitrogens with one attached hydrogen (secondary N) is 1. The average molecular weight is 340 g/mol. The number of Topliss-reactive ketones (excluding diaryl/α,β-unsaturated/α-hetero) is 2. The van der Waals surface area contributed by atoms with Crippen molar-refractivity contribution in [2.75, 3.05) is 0 Å². The number of hydrogen-bond donors (Lipinski definition) is 1. The molecule has 1 aliphatic rings. The van der Waals surface area contributed by atoms with E-state index in [0.717, 1.165) is 0 Å². The molecule has 0 aliphatic heterocycles. The summed E-state index contributed by atoms with van der Waals surface area (Å²) >= 11 is 12.4. The molecule has 0 spiro atoms. The number of carbonyl (C=O) groups is 2. The van der Waals surface area contributed by atoms with Crippen LogP contribution in [0, 0.1) is 0 Å². The van der Waals surface area contributed by atoms with Crippen LogP contribution in [0.1, 0.15) is 45.1 Å². The van der Waals surface area contributed by atoms with Crippen LogP contribution in [0.4, 0.5) is 0 Å². The van der Waals surface area contributed by atoms with Gasteiger partial charge in [-0.25, -0.2) is 0 Å². The first-order valence-electron chi connectivity index (χ1n) is 7.17. The molecule has 3 nitrogen and oxygen atoms in total. The van der Waals surface area contributed by atoms with Gasteiger partial charge in [-0.05, 0) is 38.5 Å². The van der Waals surface area contributed by atoms with Crippen molar-refractivity contribution in [2.45, 2.75) is 45.1 Å². The Morgan fingerprint density at radius 3 is 2.05 bits per heavy atom. The number of allylic oxidation sites excluding steroid dienone is 1. The molecule has 118 valence electrons. The minimum atomic E-state index is -0.256. The van der Waals surface area contributed by atoms with Crippen LogP contribution >= 0.6 is 23.2 Å². The molecule has 1 N–H and O–H groups in total. The summed E-state index contributed by atoms with van der Waals surface area (Å²) in [5.41, 5.74) is 0.723. The van der Waals surface area contributed by atoms with E-state index < -0.39 is 0 Å². The molecule has 22 heavy (non-hydrogen) atoms. The van der Waals surface area contributed by atoms with E-state index in [0.29, 0.717) is 15.6 Å². The van der Waals surface area contributed by atoms with Crippen molar-refractivity contribution in [3.63, 3.8) is 0 Å². The molecule has 5 heteroatoms. The summed E-state index contributed by atoms with van der Waals surface area (Å²) in [6.45, 7) is 5.90. The predicted octanol–water partition coefficient (Wildman–Crippen LogP) is 4.28. The minimum absolute atomic E-state index is 0.172. The van der Waals surface area contributed by atoms with E-state index in [4.69, 9.17) is 23.2 Å². The molecular formula is C17H19Cl2NO2. The number of ketones is 2. The van der Waals surface area contributed by atoms with E-state index in [1.165, 1.54) is 6.20 Å². The van der Waals surface area contributed by atoms with Crippen molar-refractivity contribution in [3.8, 4) is 0 Å². The van der Waals surface area contributed by atoms with Gasteiger partial charge in [0, 0.05) is 40.5 Å². The van der Waals surface area contributed by atoms with Crippen molar-refractivity contribution in [1.82, 2.24) is 5.32 Å². The molecule has 0 unspecified atom stereocenters. The minimum Gasteiger partial charge on any atom is -0.386 e. The van der Waals surface area contributed by atoms with E-state index in [1.807, 2.05) is 20.8 Å². The van der Waals surface area contributed by atoms with Crippen LogP contribution < -0.4 is 5.32 Å². The van der Waals surface area contributed by atoms with Gasteiger partial charge in [0.15, 0.2) is 11.6 Å². The van der Waals surface area contributed by atoms with Crippen molar-refractivity contribution in [3.05, 3.63) is 45.6 Å². The van der Waals surface area contributed by atoms with Gasteiger partial charge in [-0.15, -0.1) is 0 Å². The largest absolute Gasteiger partial charge is 0.386 e. The highest BCUT2D eigenvalue weighted by Gasteiger charge is 2.33. The van der Waals surface area contributed by atoms with Crippen molar-refractivity contribution >= 4 is 34.8 Å². The smallest absolute Gasteiger partial charge is 0.168 e. The number of carbonyl (C=O) groups excluding carboxylic acids is 2. The van der Waals surface area contributed by atoms with E-state index in [9.17, 15) is 9.59 Å². The summed E-state index contributed by atoms with van der Waals surface area (Å²) in [5, 5.41) is 4.07. The molecular weight excluding hydrogens is 321 g/mol. The molecule has 0 atom stereocenters. The zero-order valence-electron chi connectivity index (χ0n) is 12.9. The van der Waals surface area contributed by atoms with Gasteiger partial charge >= 0.3 is 0 Å². The lowest BCUT2D eigenvalue weighted by atomic mass is 9.80. The molecule has 1 aromatic carbocycles. The first-order chi connectivity index (χ1) is 10.2. The third kappa shape index (κ3) is 3.90. The average Bonchev–Trinajstić information content (AvgIpc) is 2.36. The van der Waals surface area contributed by atoms with E-state index in [-0.39, 0.29) is 41.4 Å². The molecule has 1 fully saturated rings. The Morgan fingerprint density at radius 2 is 1.59 bits per heavy atom. The molecule has 0 saturated heterocycles. The Bertz CT molecular complexity index is 604. The predicted molar refractivity (Wildman–Crippen MR) is 89.4 cm³/mol. The lowest BCUT2D eigenvalue weighted by Gasteiger charge is -2.25. The Hall–Kier alpha value is -1.32. The van der Waals surface area contributed by atoms with Crippen LogP contribution in [0.15, 0.2) is 30.0 Å². The second-order valence-electron chi connectivity index (χ2n) is 6.54. The number of benzene rings is 1. The maximum absolute atomic E-state index is 12.3. The molecule has 0 radical (unpaired) electrons. The Balaban J connectivity index is 2.24. The highest BCUT2D eigenvalue weighted by molar-refractivity contribution is 6.36. The maximum Gasteiger partial charge on any atom is 0.168 e. The van der Waals surface area contributed by atoms with Gasteiger partial charge in [-0.1, -0.05) is 29.3 Å². The molecule has 2 rings (SSSR count). The van der Waals surface area contributed by atoms with Gasteiger partial charge < -0.3 is 5.32 Å². The Morgan fingerprint density at radius 1 is 1.09 bits per heavy atom. The Kier molecular flexibility index (Phi) is 4.98. The summed E-state index contributed by atoms with van der Waals surface area (Å²) in [5.74, 6) is -0.601. The molecule has 1 aromatic rings. The SMILES string of the molecule is CC(C)(C)NC=C1C(=O)CC(c2c(Cl)cccc2Cl)CC1=O. The van der Waals surface area contributed by atoms with Gasteiger partial charge in [-0.3, -0.25) is 9.59 Å². The molecule has 0 aromatic heterocycles. The topological polar surface area (TPSA) is 46.2 Å². The first-order valence-corrected chi connectivity index (χ1v) is 7.93. The van der Waals surface area contributed by atoms with Crippen molar-refractivity contribution < 1.29 is 9.59 Å². The molecule has 0 amide bonds. The monoisotopic (exact) mass is 339 g/mol. The van der Waals surface area contributed by atoms with Gasteiger partial charge in [0.1, 0.15) is 0 Å². The Labute approximate surface area is 140 Å². The standard InChI is InChI=1S/C17H19Cl2NO2/c1-17(2,3)20-9-11-14(21)7-10(8-15(11)22)16-12(18)5-4-6-13(16)19/h4-6,9-10,20H,7-8H2,1-3H3. The molecule has 1 saturated carbocycles. The van der Waals surface area contributed by atoms with Gasteiger partial charge in [0.05, 0.1) is 5.57 Å². The van der Waals surface area contributed by atoms with Crippen LogP contribution in [-0.2, 0) is 9.59 Å². The fraction of sp³-hybridized carbons (Fsp3) is 0.412. The van der Waals surface area contributed by atoms with Crippen molar-refractivity contribution in [2.24, 2.45) is 0 Å². The fourth-order valence-corrected chi connectivity index (χ4v) is 3.16. The zero-order valence-corrected chi connectivity index (χ0v) is 14.4. The summed E-state index contributed by atoms with van der Waals surface area (Å²) in [7, 11) is 0. The summed E-state index contributed by atoms with van der Waals surface area (Å²) in [6.07, 6.45) is 2.02. The molecule has 0 bridgehead atoms. The number of rotatable bonds is 2. The first kappa shape index (κ1) is 17.0. The maximum atomic E-state index is 12.3. The zero-order chi connectivity index (χ0) is 16.5. The third-order valence-electron chi connectivity index (χ3n) is 3.52. The number of halogens is 2. The van der Waals surface area contributed by atoms with Crippen LogP contribution in [-0.4, -0.2) is 17.1 Å². The summed E-state index contributed by atoms with van der Waals surface area (Å²) in [6, 6.07) is 5.20. The van der Waals surface area contributed by atoms with E-state index in [1.54, 1.807) is 18.2 Å². The fourth-order valence-electron chi connectivity index (χ4n) is 2.45. The van der Waals surface area contributed by atoms with Crippen LogP contribution in [0.3, 0.4) is 0 Å². The lowest BCUT2D eigenvalue weighted by molar-refractivity contribution is -0.124. The van der Waals surface area contributed by atoms with Crippen LogP contribution in [0.25, 0.3) is 0 Å². The second-order valence-corrected chi connectivity index (χ2v) is 7.35. The van der Waals surface area contributed by atoms with E-state index in [2.05, 4.69) is 5.32 Å². The highest BCUT2D eigenvalue weighted by atomic mass is 35.5. The third-order valence-corrected chi connectivity index (χ3v) is 4.18. The number of hydrogen-bond acceptors (Lipinski definition) is 3. The van der Waals surface area contributed by atoms with E-state index >= 15 is 0 Å². The van der Waals surface area contributed by atoms with Crippen molar-refractivity contribution in [1.29, 1.82) is 0 Å². The lowest BCUT2D eigenvalue weighted by Crippen LogP contribution is -2.34. The quantitative estimate of drug-likeness (QED) is 0.646. The second kappa shape index (κ2) is 6.43. The highest BCUT2D eigenvalue weighted by Crippen LogP contribution is 2.39. The molecule has 0 heterocycles. The normalized spacial score (nSPS) is 19.3.